The molecule has 0 bridgehead atoms. The maximum Gasteiger partial charge on any atom is 0.0223 e. The van der Waals surface area contributed by atoms with Crippen LogP contribution in [0, 0.1) is 5.41 Å². The zero-order valence-electron chi connectivity index (χ0n) is 10.8. The third-order valence-electron chi connectivity index (χ3n) is 3.99. The fourth-order valence-electron chi connectivity index (χ4n) is 2.74. The fraction of sp³-hybridized carbons (Fsp3) is 0.714. The van der Waals surface area contributed by atoms with E-state index in [1.54, 1.807) is 0 Å². The van der Waals surface area contributed by atoms with Crippen molar-refractivity contribution in [2.24, 2.45) is 5.41 Å². The van der Waals surface area contributed by atoms with E-state index in [2.05, 4.69) is 49.1 Å². The maximum atomic E-state index is 3.71. The van der Waals surface area contributed by atoms with E-state index in [-0.39, 0.29) is 0 Å². The van der Waals surface area contributed by atoms with Crippen LogP contribution in [-0.2, 0) is 13.1 Å². The van der Waals surface area contributed by atoms with Gasteiger partial charge in [-0.2, -0.15) is 0 Å². The second-order valence-electron chi connectivity index (χ2n) is 5.66. The second kappa shape index (κ2) is 4.62. The molecule has 0 saturated heterocycles. The van der Waals surface area contributed by atoms with E-state index >= 15 is 0 Å². The summed E-state index contributed by atoms with van der Waals surface area (Å²) in [5.74, 6) is 0. The summed E-state index contributed by atoms with van der Waals surface area (Å²) in [4.78, 5) is 0. The highest BCUT2D eigenvalue weighted by atomic mass is 15.0. The minimum Gasteiger partial charge on any atom is -0.354 e. The molecule has 1 atom stereocenters. The molecule has 1 aliphatic rings. The van der Waals surface area contributed by atoms with E-state index in [9.17, 15) is 0 Å². The first-order valence-corrected chi connectivity index (χ1v) is 6.50. The van der Waals surface area contributed by atoms with E-state index in [0.29, 0.717) is 11.5 Å². The van der Waals surface area contributed by atoms with E-state index in [1.165, 1.54) is 24.8 Å². The maximum absolute atomic E-state index is 3.71. The van der Waals surface area contributed by atoms with Crippen molar-refractivity contribution >= 4 is 0 Å². The molecule has 0 radical (unpaired) electrons. The summed E-state index contributed by atoms with van der Waals surface area (Å²) in [6.45, 7) is 9.02. The standard InChI is InChI=1S/C14H24N2/c1-4-16-9-7-12(11-16)10-15-13-6-5-8-14(13,2)3/h7,9,11,13,15H,4-6,8,10H2,1-3H3. The van der Waals surface area contributed by atoms with Crippen molar-refractivity contribution in [3.05, 3.63) is 24.0 Å². The Hall–Kier alpha value is -0.760. The molecular weight excluding hydrogens is 196 g/mol. The van der Waals surface area contributed by atoms with Gasteiger partial charge >= 0.3 is 0 Å². The number of aromatic nitrogens is 1. The Morgan fingerprint density at radius 3 is 2.88 bits per heavy atom. The second-order valence-corrected chi connectivity index (χ2v) is 5.66. The van der Waals surface area contributed by atoms with E-state index in [0.717, 1.165) is 13.1 Å². The molecule has 2 nitrogen and oxygen atoms in total. The molecule has 1 fully saturated rings. The number of nitrogens with one attached hydrogen (secondary N) is 1. The van der Waals surface area contributed by atoms with Crippen molar-refractivity contribution in [1.29, 1.82) is 0 Å². The smallest absolute Gasteiger partial charge is 0.0223 e. The molecule has 0 aliphatic heterocycles. The third-order valence-corrected chi connectivity index (χ3v) is 3.99. The Labute approximate surface area is 99.0 Å². The van der Waals surface area contributed by atoms with Gasteiger partial charge in [-0.15, -0.1) is 0 Å². The topological polar surface area (TPSA) is 17.0 Å². The Morgan fingerprint density at radius 1 is 1.50 bits per heavy atom. The summed E-state index contributed by atoms with van der Waals surface area (Å²) in [6, 6.07) is 2.91. The van der Waals surface area contributed by atoms with Gasteiger partial charge in [0.1, 0.15) is 0 Å². The van der Waals surface area contributed by atoms with E-state index in [4.69, 9.17) is 0 Å². The van der Waals surface area contributed by atoms with Gasteiger partial charge in [-0.3, -0.25) is 0 Å². The van der Waals surface area contributed by atoms with Crippen LogP contribution < -0.4 is 5.32 Å². The van der Waals surface area contributed by atoms with Gasteiger partial charge in [0.25, 0.3) is 0 Å². The van der Waals surface area contributed by atoms with Gasteiger partial charge in [-0.05, 0) is 36.8 Å². The van der Waals surface area contributed by atoms with Crippen LogP contribution in [-0.4, -0.2) is 10.6 Å². The normalized spacial score (nSPS) is 23.8. The van der Waals surface area contributed by atoms with Gasteiger partial charge in [0.2, 0.25) is 0 Å². The Kier molecular flexibility index (Phi) is 3.38. The average molecular weight is 220 g/mol. The van der Waals surface area contributed by atoms with Gasteiger partial charge < -0.3 is 9.88 Å². The van der Waals surface area contributed by atoms with Crippen LogP contribution in [0.15, 0.2) is 18.5 Å². The summed E-state index contributed by atoms with van der Waals surface area (Å²) < 4.78 is 2.23. The van der Waals surface area contributed by atoms with Crippen molar-refractivity contribution in [3.63, 3.8) is 0 Å². The lowest BCUT2D eigenvalue weighted by Gasteiger charge is -2.27. The van der Waals surface area contributed by atoms with Crippen LogP contribution >= 0.6 is 0 Å². The number of hydrogen-bond acceptors (Lipinski definition) is 1. The van der Waals surface area contributed by atoms with E-state index < -0.39 is 0 Å². The Balaban J connectivity index is 1.87. The lowest BCUT2D eigenvalue weighted by molar-refractivity contribution is 0.282. The van der Waals surface area contributed by atoms with Crippen LogP contribution in [0.5, 0.6) is 0 Å². The van der Waals surface area contributed by atoms with Crippen LogP contribution in [0.3, 0.4) is 0 Å². The molecule has 16 heavy (non-hydrogen) atoms. The monoisotopic (exact) mass is 220 g/mol. The summed E-state index contributed by atoms with van der Waals surface area (Å²) in [5, 5.41) is 3.71. The SMILES string of the molecule is CCn1ccc(CNC2CCCC2(C)C)c1. The molecule has 1 saturated carbocycles. The van der Waals surface area contributed by atoms with Crippen molar-refractivity contribution in [2.45, 2.75) is 59.2 Å². The van der Waals surface area contributed by atoms with Gasteiger partial charge in [0.05, 0.1) is 0 Å². The Bertz CT molecular complexity index is 338. The summed E-state index contributed by atoms with van der Waals surface area (Å²) in [5.41, 5.74) is 1.89. The van der Waals surface area contributed by atoms with Crippen molar-refractivity contribution in [2.75, 3.05) is 0 Å². The van der Waals surface area contributed by atoms with Crippen LogP contribution in [0.4, 0.5) is 0 Å². The minimum atomic E-state index is 0.479. The van der Waals surface area contributed by atoms with Gasteiger partial charge in [-0.1, -0.05) is 20.3 Å². The predicted molar refractivity (Wildman–Crippen MR) is 68.4 cm³/mol. The average Bonchev–Trinajstić information content (AvgIpc) is 2.81. The van der Waals surface area contributed by atoms with E-state index in [1.807, 2.05) is 0 Å². The minimum absolute atomic E-state index is 0.479. The fourth-order valence-corrected chi connectivity index (χ4v) is 2.74. The molecule has 90 valence electrons. The highest BCUT2D eigenvalue weighted by Gasteiger charge is 2.33. The first-order valence-electron chi connectivity index (χ1n) is 6.50. The van der Waals surface area contributed by atoms with Crippen molar-refractivity contribution in [1.82, 2.24) is 9.88 Å². The Morgan fingerprint density at radius 2 is 2.31 bits per heavy atom. The molecule has 2 rings (SSSR count). The van der Waals surface area contributed by atoms with Crippen LogP contribution in [0.1, 0.15) is 45.6 Å². The number of aryl methyl sites for hydroxylation is 1. The highest BCUT2D eigenvalue weighted by molar-refractivity contribution is 5.10. The number of rotatable bonds is 4. The summed E-state index contributed by atoms with van der Waals surface area (Å²) >= 11 is 0. The summed E-state index contributed by atoms with van der Waals surface area (Å²) in [6.07, 6.45) is 8.48. The zero-order chi connectivity index (χ0) is 11.6. The van der Waals surface area contributed by atoms with Crippen LogP contribution in [0.25, 0.3) is 0 Å². The molecule has 1 aromatic heterocycles. The van der Waals surface area contributed by atoms with Crippen molar-refractivity contribution in [3.8, 4) is 0 Å². The molecule has 1 aromatic rings. The lowest BCUT2D eigenvalue weighted by Crippen LogP contribution is -2.37. The van der Waals surface area contributed by atoms with Gasteiger partial charge in [0.15, 0.2) is 0 Å². The largest absolute Gasteiger partial charge is 0.354 e. The molecular formula is C14H24N2. The number of hydrogen-bond donors (Lipinski definition) is 1. The number of nitrogens with zero attached hydrogens (tertiary/aromatic N) is 1. The highest BCUT2D eigenvalue weighted by Crippen LogP contribution is 2.37. The first-order chi connectivity index (χ1) is 7.62. The molecule has 1 aliphatic carbocycles. The summed E-state index contributed by atoms with van der Waals surface area (Å²) in [7, 11) is 0. The first kappa shape index (κ1) is 11.7. The quantitative estimate of drug-likeness (QED) is 0.824. The van der Waals surface area contributed by atoms with Gasteiger partial charge in [0, 0.05) is 31.5 Å². The lowest BCUT2D eigenvalue weighted by atomic mass is 9.87. The molecule has 1 N–H and O–H groups in total. The predicted octanol–water partition coefficient (Wildman–Crippen LogP) is 3.18. The molecule has 0 aromatic carbocycles. The van der Waals surface area contributed by atoms with Gasteiger partial charge in [-0.25, -0.2) is 0 Å². The molecule has 0 amide bonds. The molecule has 1 heterocycles. The third kappa shape index (κ3) is 2.49. The molecule has 0 spiro atoms. The zero-order valence-corrected chi connectivity index (χ0v) is 10.8. The molecule has 2 heteroatoms. The van der Waals surface area contributed by atoms with Crippen molar-refractivity contribution < 1.29 is 0 Å². The molecule has 1 unspecified atom stereocenters. The van der Waals surface area contributed by atoms with Crippen LogP contribution in [0.2, 0.25) is 0 Å².